The van der Waals surface area contributed by atoms with Crippen molar-refractivity contribution in [3.63, 3.8) is 0 Å². The van der Waals surface area contributed by atoms with E-state index in [0.29, 0.717) is 10.7 Å². The summed E-state index contributed by atoms with van der Waals surface area (Å²) in [5.74, 6) is 0.830. The minimum absolute atomic E-state index is 0.621. The van der Waals surface area contributed by atoms with Gasteiger partial charge in [-0.25, -0.2) is 4.68 Å². The number of nitrogens with zero attached hydrogens (tertiary/aromatic N) is 5. The minimum atomic E-state index is 0.621. The number of aryl methyl sites for hydroxylation is 1. The Morgan fingerprint density at radius 3 is 2.48 bits per heavy atom. The molecule has 3 aromatic heterocycles. The molecule has 1 aliphatic heterocycles. The summed E-state index contributed by atoms with van der Waals surface area (Å²) in [6.07, 6.45) is 2.54. The van der Waals surface area contributed by atoms with Gasteiger partial charge in [0.05, 0.1) is 21.8 Å². The zero-order chi connectivity index (χ0) is 21.4. The first-order chi connectivity index (χ1) is 15.1. The SMILES string of the molecule is Cc1ccc(-c2nn(CCN3CCC(C)CC3)c3nnc(-c4ccccc4)c(Cl)c23)s1. The van der Waals surface area contributed by atoms with Crippen LogP contribution in [-0.4, -0.2) is 44.5 Å². The lowest BCUT2D eigenvalue weighted by molar-refractivity contribution is 0.185. The molecule has 0 saturated carbocycles. The van der Waals surface area contributed by atoms with Crippen LogP contribution in [0, 0.1) is 12.8 Å². The van der Waals surface area contributed by atoms with Crippen molar-refractivity contribution in [3.8, 4) is 21.8 Å². The summed E-state index contributed by atoms with van der Waals surface area (Å²) in [6.45, 7) is 8.51. The first-order valence-corrected chi connectivity index (χ1v) is 12.1. The monoisotopic (exact) mass is 451 g/mol. The number of thiophene rings is 1. The molecule has 31 heavy (non-hydrogen) atoms. The number of rotatable bonds is 5. The number of benzene rings is 1. The molecular formula is C24H26ClN5S. The van der Waals surface area contributed by atoms with Crippen molar-refractivity contribution in [2.45, 2.75) is 33.2 Å². The number of hydrogen-bond donors (Lipinski definition) is 0. The van der Waals surface area contributed by atoms with Gasteiger partial charge in [-0.1, -0.05) is 48.9 Å². The van der Waals surface area contributed by atoms with Crippen molar-refractivity contribution in [2.75, 3.05) is 19.6 Å². The largest absolute Gasteiger partial charge is 0.301 e. The number of hydrogen-bond acceptors (Lipinski definition) is 5. The van der Waals surface area contributed by atoms with E-state index in [1.165, 1.54) is 17.7 Å². The Bertz CT molecular complexity index is 1190. The highest BCUT2D eigenvalue weighted by Crippen LogP contribution is 2.39. The Balaban J connectivity index is 1.56. The highest BCUT2D eigenvalue weighted by molar-refractivity contribution is 7.15. The van der Waals surface area contributed by atoms with Crippen LogP contribution in [0.25, 0.3) is 32.9 Å². The van der Waals surface area contributed by atoms with Crippen molar-refractivity contribution < 1.29 is 0 Å². The zero-order valence-electron chi connectivity index (χ0n) is 17.9. The van der Waals surface area contributed by atoms with Crippen LogP contribution < -0.4 is 0 Å². The molecule has 1 aliphatic rings. The molecule has 1 aromatic carbocycles. The molecule has 5 nitrogen and oxygen atoms in total. The zero-order valence-corrected chi connectivity index (χ0v) is 19.5. The first kappa shape index (κ1) is 20.6. The number of aromatic nitrogens is 4. The Labute approximate surface area is 191 Å². The Kier molecular flexibility index (Phi) is 5.78. The van der Waals surface area contributed by atoms with E-state index in [1.807, 2.05) is 35.0 Å². The molecule has 0 radical (unpaired) electrons. The van der Waals surface area contributed by atoms with E-state index < -0.39 is 0 Å². The van der Waals surface area contributed by atoms with Crippen LogP contribution in [0.3, 0.4) is 0 Å². The van der Waals surface area contributed by atoms with Crippen LogP contribution in [0.2, 0.25) is 5.02 Å². The van der Waals surface area contributed by atoms with Gasteiger partial charge in [-0.05, 0) is 50.9 Å². The van der Waals surface area contributed by atoms with Gasteiger partial charge in [0.2, 0.25) is 0 Å². The number of likely N-dealkylation sites (tertiary alicyclic amines) is 1. The van der Waals surface area contributed by atoms with Gasteiger partial charge in [0.1, 0.15) is 11.4 Å². The smallest absolute Gasteiger partial charge is 0.182 e. The second-order valence-electron chi connectivity index (χ2n) is 8.43. The Morgan fingerprint density at radius 1 is 1.00 bits per heavy atom. The summed E-state index contributed by atoms with van der Waals surface area (Å²) < 4.78 is 1.99. The van der Waals surface area contributed by atoms with E-state index in [0.717, 1.165) is 59.3 Å². The maximum Gasteiger partial charge on any atom is 0.182 e. The molecule has 5 rings (SSSR count). The van der Waals surface area contributed by atoms with E-state index in [9.17, 15) is 0 Å². The van der Waals surface area contributed by atoms with Crippen LogP contribution in [0.4, 0.5) is 0 Å². The molecule has 1 saturated heterocycles. The van der Waals surface area contributed by atoms with Crippen LogP contribution >= 0.6 is 22.9 Å². The number of piperidine rings is 1. The average molecular weight is 452 g/mol. The van der Waals surface area contributed by atoms with Crippen molar-refractivity contribution in [1.82, 2.24) is 24.9 Å². The lowest BCUT2D eigenvalue weighted by Gasteiger charge is -2.29. The van der Waals surface area contributed by atoms with Gasteiger partial charge >= 0.3 is 0 Å². The summed E-state index contributed by atoms with van der Waals surface area (Å²) in [5, 5.41) is 15.6. The molecule has 0 aliphatic carbocycles. The lowest BCUT2D eigenvalue weighted by Crippen LogP contribution is -2.35. The molecule has 0 amide bonds. The van der Waals surface area contributed by atoms with Crippen molar-refractivity contribution >= 4 is 34.0 Å². The summed E-state index contributed by atoms with van der Waals surface area (Å²) in [5.41, 5.74) is 3.33. The third kappa shape index (κ3) is 4.12. The fourth-order valence-electron chi connectivity index (χ4n) is 4.21. The molecule has 1 fully saturated rings. The van der Waals surface area contributed by atoms with Crippen LogP contribution in [-0.2, 0) is 6.54 Å². The fraction of sp³-hybridized carbons (Fsp3) is 0.375. The minimum Gasteiger partial charge on any atom is -0.301 e. The standard InChI is InChI=1S/C24H26ClN5S/c1-16-10-12-29(13-11-16)14-15-30-24-20(23(28-30)19-9-8-17(2)31-19)21(25)22(26-27-24)18-6-4-3-5-7-18/h3-9,16H,10-15H2,1-2H3. The second kappa shape index (κ2) is 8.69. The maximum absolute atomic E-state index is 6.95. The maximum atomic E-state index is 6.95. The van der Waals surface area contributed by atoms with Gasteiger partial charge in [0.15, 0.2) is 5.65 Å². The van der Waals surface area contributed by atoms with E-state index in [2.05, 4.69) is 41.1 Å². The molecule has 7 heteroatoms. The fourth-order valence-corrected chi connectivity index (χ4v) is 5.39. The van der Waals surface area contributed by atoms with Gasteiger partial charge < -0.3 is 4.90 Å². The molecular weight excluding hydrogens is 426 g/mol. The summed E-state index contributed by atoms with van der Waals surface area (Å²) in [6, 6.07) is 14.2. The Hall–Kier alpha value is -2.28. The third-order valence-corrected chi connectivity index (χ3v) is 7.50. The highest BCUT2D eigenvalue weighted by atomic mass is 35.5. The van der Waals surface area contributed by atoms with Gasteiger partial charge in [0, 0.05) is 17.0 Å². The first-order valence-electron chi connectivity index (χ1n) is 10.9. The predicted octanol–water partition coefficient (Wildman–Crippen LogP) is 5.92. The van der Waals surface area contributed by atoms with E-state index >= 15 is 0 Å². The van der Waals surface area contributed by atoms with Gasteiger partial charge in [-0.15, -0.1) is 21.5 Å². The quantitative estimate of drug-likeness (QED) is 0.378. The number of fused-ring (bicyclic) bond motifs is 1. The molecule has 0 atom stereocenters. The van der Waals surface area contributed by atoms with Gasteiger partial charge in [-0.2, -0.15) is 5.10 Å². The molecule has 0 bridgehead atoms. The topological polar surface area (TPSA) is 46.8 Å². The van der Waals surface area contributed by atoms with E-state index in [-0.39, 0.29) is 0 Å². The summed E-state index contributed by atoms with van der Waals surface area (Å²) in [7, 11) is 0. The predicted molar refractivity (Wildman–Crippen MR) is 129 cm³/mol. The Morgan fingerprint density at radius 2 is 1.77 bits per heavy atom. The van der Waals surface area contributed by atoms with Crippen molar-refractivity contribution in [1.29, 1.82) is 0 Å². The average Bonchev–Trinajstić information content (AvgIpc) is 3.38. The van der Waals surface area contributed by atoms with Crippen molar-refractivity contribution in [3.05, 3.63) is 52.4 Å². The van der Waals surface area contributed by atoms with E-state index in [4.69, 9.17) is 16.7 Å². The highest BCUT2D eigenvalue weighted by Gasteiger charge is 2.22. The third-order valence-electron chi connectivity index (χ3n) is 6.12. The van der Waals surface area contributed by atoms with Crippen LogP contribution in [0.1, 0.15) is 24.6 Å². The molecule has 0 spiro atoms. The number of halogens is 1. The van der Waals surface area contributed by atoms with Crippen molar-refractivity contribution in [2.24, 2.45) is 5.92 Å². The normalized spacial score (nSPS) is 15.7. The molecule has 4 heterocycles. The molecule has 4 aromatic rings. The van der Waals surface area contributed by atoms with Gasteiger partial charge in [-0.3, -0.25) is 0 Å². The second-order valence-corrected chi connectivity index (χ2v) is 10.1. The lowest BCUT2D eigenvalue weighted by atomic mass is 9.99. The van der Waals surface area contributed by atoms with Crippen LogP contribution in [0.5, 0.6) is 0 Å². The van der Waals surface area contributed by atoms with E-state index in [1.54, 1.807) is 11.3 Å². The molecule has 160 valence electrons. The summed E-state index contributed by atoms with van der Waals surface area (Å²) in [4.78, 5) is 4.89. The summed E-state index contributed by atoms with van der Waals surface area (Å²) >= 11 is 8.69. The molecule has 0 N–H and O–H groups in total. The van der Waals surface area contributed by atoms with Crippen LogP contribution in [0.15, 0.2) is 42.5 Å². The van der Waals surface area contributed by atoms with Gasteiger partial charge in [0.25, 0.3) is 0 Å². The molecule has 0 unspecified atom stereocenters.